The lowest BCUT2D eigenvalue weighted by atomic mass is 9.86. The van der Waals surface area contributed by atoms with Gasteiger partial charge in [0.1, 0.15) is 0 Å². The summed E-state index contributed by atoms with van der Waals surface area (Å²) in [5, 5.41) is 20.9. The number of hydrogen-bond acceptors (Lipinski definition) is 5. The molecule has 0 atom stereocenters. The zero-order valence-electron chi connectivity index (χ0n) is 13.0. The topological polar surface area (TPSA) is 89.7 Å². The van der Waals surface area contributed by atoms with Crippen LogP contribution in [0.2, 0.25) is 0 Å². The van der Waals surface area contributed by atoms with E-state index in [-0.39, 0.29) is 11.5 Å². The second kappa shape index (κ2) is 6.16. The van der Waals surface area contributed by atoms with E-state index < -0.39 is 16.4 Å². The Balaban J connectivity index is 2.05. The van der Waals surface area contributed by atoms with Gasteiger partial charge in [0.25, 0.3) is 0 Å². The molecule has 1 aliphatic carbocycles. The van der Waals surface area contributed by atoms with E-state index >= 15 is 0 Å². The number of nitro groups is 1. The number of carbonyl (C=O) groups excluding carboxylic acids is 1. The molecule has 0 heterocycles. The van der Waals surface area contributed by atoms with E-state index in [1.807, 2.05) is 18.2 Å². The quantitative estimate of drug-likeness (QED) is 0.530. The van der Waals surface area contributed by atoms with E-state index in [4.69, 9.17) is 4.74 Å². The molecule has 2 aromatic carbocycles. The van der Waals surface area contributed by atoms with Crippen molar-refractivity contribution >= 4 is 17.5 Å². The fourth-order valence-electron chi connectivity index (χ4n) is 2.85. The van der Waals surface area contributed by atoms with Gasteiger partial charge in [0.2, 0.25) is 5.75 Å². The van der Waals surface area contributed by atoms with Crippen molar-refractivity contribution in [3.05, 3.63) is 68.8 Å². The average Bonchev–Trinajstić information content (AvgIpc) is 2.58. The number of hydrogen-bond donors (Lipinski definition) is 1. The lowest BCUT2D eigenvalue weighted by Gasteiger charge is -2.17. The lowest BCUT2D eigenvalue weighted by molar-refractivity contribution is -0.386. The molecular formula is C18H15NO5. The van der Waals surface area contributed by atoms with Crippen LogP contribution in [-0.2, 0) is 6.42 Å². The van der Waals surface area contributed by atoms with Crippen molar-refractivity contribution in [3.63, 3.8) is 0 Å². The standard InChI is InChI=1S/C18H15NO5/c1-24-16-10-11(9-15(18(16)21)19(22)23)8-13-7-6-12-4-2-3-5-14(12)17(13)20/h2-5,8-10,21H,6-7H2,1H3/b13-8+. The minimum atomic E-state index is -0.683. The molecule has 6 heteroatoms. The fourth-order valence-corrected chi connectivity index (χ4v) is 2.85. The van der Waals surface area contributed by atoms with E-state index in [1.165, 1.54) is 19.2 Å². The first-order valence-electron chi connectivity index (χ1n) is 7.40. The summed E-state index contributed by atoms with van der Waals surface area (Å²) in [5.74, 6) is -0.601. The van der Waals surface area contributed by atoms with Gasteiger partial charge in [-0.15, -0.1) is 0 Å². The first-order chi connectivity index (χ1) is 11.5. The molecule has 0 bridgehead atoms. The van der Waals surface area contributed by atoms with E-state index in [0.29, 0.717) is 23.1 Å². The Morgan fingerprint density at radius 2 is 2.00 bits per heavy atom. The Bertz CT molecular complexity index is 870. The van der Waals surface area contributed by atoms with Crippen molar-refractivity contribution in [2.45, 2.75) is 12.8 Å². The molecule has 6 nitrogen and oxygen atoms in total. The first kappa shape index (κ1) is 15.7. The summed E-state index contributed by atoms with van der Waals surface area (Å²) in [7, 11) is 1.32. The van der Waals surface area contributed by atoms with E-state index in [9.17, 15) is 20.0 Å². The Labute approximate surface area is 138 Å². The highest BCUT2D eigenvalue weighted by atomic mass is 16.6. The predicted octanol–water partition coefficient (Wildman–Crippen LogP) is 3.52. The van der Waals surface area contributed by atoms with Crippen molar-refractivity contribution in [2.75, 3.05) is 7.11 Å². The van der Waals surface area contributed by atoms with Gasteiger partial charge in [0.15, 0.2) is 11.5 Å². The Morgan fingerprint density at radius 1 is 1.25 bits per heavy atom. The van der Waals surface area contributed by atoms with Crippen molar-refractivity contribution in [1.82, 2.24) is 0 Å². The van der Waals surface area contributed by atoms with Crippen LogP contribution in [0.1, 0.15) is 27.9 Å². The second-order valence-electron chi connectivity index (χ2n) is 5.50. The number of carbonyl (C=O) groups is 1. The molecule has 1 N–H and O–H groups in total. The zero-order chi connectivity index (χ0) is 17.3. The number of benzene rings is 2. The smallest absolute Gasteiger partial charge is 0.315 e. The maximum absolute atomic E-state index is 12.6. The Hall–Kier alpha value is -3.15. The maximum Gasteiger partial charge on any atom is 0.315 e. The van der Waals surface area contributed by atoms with Gasteiger partial charge >= 0.3 is 5.69 Å². The summed E-state index contributed by atoms with van der Waals surface area (Å²) in [6.07, 6.45) is 2.92. The third-order valence-corrected chi connectivity index (χ3v) is 4.05. The molecule has 2 aromatic rings. The van der Waals surface area contributed by atoms with Gasteiger partial charge in [-0.25, -0.2) is 0 Å². The summed E-state index contributed by atoms with van der Waals surface area (Å²) in [6, 6.07) is 10.1. The van der Waals surface area contributed by atoms with Crippen LogP contribution in [0.15, 0.2) is 42.0 Å². The third-order valence-electron chi connectivity index (χ3n) is 4.05. The molecule has 0 spiro atoms. The molecule has 3 rings (SSSR count). The van der Waals surface area contributed by atoms with Crippen LogP contribution >= 0.6 is 0 Å². The molecule has 0 amide bonds. The van der Waals surface area contributed by atoms with Crippen molar-refractivity contribution in [3.8, 4) is 11.5 Å². The minimum Gasteiger partial charge on any atom is -0.500 e. The van der Waals surface area contributed by atoms with Crippen LogP contribution in [0, 0.1) is 10.1 Å². The van der Waals surface area contributed by atoms with Crippen molar-refractivity contribution in [1.29, 1.82) is 0 Å². The summed E-state index contributed by atoms with van der Waals surface area (Å²) in [4.78, 5) is 23.0. The number of aryl methyl sites for hydroxylation is 1. The highest BCUT2D eigenvalue weighted by molar-refractivity contribution is 6.13. The van der Waals surface area contributed by atoms with Crippen LogP contribution in [-0.4, -0.2) is 22.9 Å². The summed E-state index contributed by atoms with van der Waals surface area (Å²) in [5.41, 5.74) is 2.24. The number of phenols is 1. The molecule has 0 aliphatic heterocycles. The predicted molar refractivity (Wildman–Crippen MR) is 88.4 cm³/mol. The number of rotatable bonds is 3. The van der Waals surface area contributed by atoms with Crippen molar-refractivity contribution < 1.29 is 19.6 Å². The van der Waals surface area contributed by atoms with Gasteiger partial charge < -0.3 is 9.84 Å². The molecular weight excluding hydrogens is 310 g/mol. The lowest BCUT2D eigenvalue weighted by Crippen LogP contribution is -2.13. The van der Waals surface area contributed by atoms with Gasteiger partial charge in [-0.05, 0) is 36.1 Å². The molecule has 0 saturated heterocycles. The number of Topliss-reactive ketones (excluding diaryl/α,β-unsaturated/α-hetero) is 1. The van der Waals surface area contributed by atoms with Gasteiger partial charge in [-0.3, -0.25) is 14.9 Å². The van der Waals surface area contributed by atoms with Gasteiger partial charge in [0, 0.05) is 17.2 Å². The highest BCUT2D eigenvalue weighted by Gasteiger charge is 2.23. The number of ketones is 1. The second-order valence-corrected chi connectivity index (χ2v) is 5.50. The molecule has 0 aromatic heterocycles. The van der Waals surface area contributed by atoms with Gasteiger partial charge in [0.05, 0.1) is 12.0 Å². The van der Waals surface area contributed by atoms with Crippen LogP contribution in [0.25, 0.3) is 6.08 Å². The average molecular weight is 325 g/mol. The minimum absolute atomic E-state index is 0.000270. The molecule has 0 fully saturated rings. The number of aromatic hydroxyl groups is 1. The summed E-state index contributed by atoms with van der Waals surface area (Å²) < 4.78 is 4.98. The summed E-state index contributed by atoms with van der Waals surface area (Å²) >= 11 is 0. The molecule has 0 radical (unpaired) electrons. The fraction of sp³-hybridized carbons (Fsp3) is 0.167. The number of allylic oxidation sites excluding steroid dienone is 1. The molecule has 24 heavy (non-hydrogen) atoms. The van der Waals surface area contributed by atoms with Crippen LogP contribution < -0.4 is 4.74 Å². The number of phenolic OH excluding ortho intramolecular Hbond substituents is 1. The number of fused-ring (bicyclic) bond motifs is 1. The number of nitro benzene ring substituents is 1. The molecule has 1 aliphatic rings. The van der Waals surface area contributed by atoms with E-state index in [2.05, 4.69) is 0 Å². The van der Waals surface area contributed by atoms with E-state index in [1.54, 1.807) is 12.1 Å². The monoisotopic (exact) mass is 325 g/mol. The Kier molecular flexibility index (Phi) is 4.04. The third kappa shape index (κ3) is 2.74. The number of nitrogens with zero attached hydrogens (tertiary/aromatic N) is 1. The maximum atomic E-state index is 12.6. The highest BCUT2D eigenvalue weighted by Crippen LogP contribution is 2.38. The van der Waals surface area contributed by atoms with Crippen LogP contribution in [0.4, 0.5) is 5.69 Å². The van der Waals surface area contributed by atoms with Gasteiger partial charge in [-0.1, -0.05) is 24.3 Å². The van der Waals surface area contributed by atoms with Crippen molar-refractivity contribution in [2.24, 2.45) is 0 Å². The largest absolute Gasteiger partial charge is 0.500 e. The molecule has 0 unspecified atom stereocenters. The number of methoxy groups -OCH3 is 1. The molecule has 122 valence electrons. The summed E-state index contributed by atoms with van der Waals surface area (Å²) in [6.45, 7) is 0. The number of ether oxygens (including phenoxy) is 1. The zero-order valence-corrected chi connectivity index (χ0v) is 13.0. The van der Waals surface area contributed by atoms with Gasteiger partial charge in [-0.2, -0.15) is 0 Å². The van der Waals surface area contributed by atoms with E-state index in [0.717, 1.165) is 12.0 Å². The van der Waals surface area contributed by atoms with Crippen LogP contribution in [0.3, 0.4) is 0 Å². The first-order valence-corrected chi connectivity index (χ1v) is 7.40. The molecule has 0 saturated carbocycles. The SMILES string of the molecule is COc1cc(/C=C2\CCc3ccccc3C2=O)cc([N+](=O)[O-])c1O. The normalized spacial score (nSPS) is 15.2. The van der Waals surface area contributed by atoms with Crippen LogP contribution in [0.5, 0.6) is 11.5 Å². The Morgan fingerprint density at radius 3 is 2.71 bits per heavy atom.